The standard InChI is InChI=1S/C22H25ClFN5O4/c1-12-8-17(30)19-18(12)20(27-11-26-19)28-4-6-29(7-5-28)21(31)14(10-25-22(32)33)13-2-3-15(23)16(24)9-13/h2-3,9,11-12,14,17,25,30H,4-8,10H2,1H3,(H,32,33)/t12-,14+,17+/m1/s1. The lowest BCUT2D eigenvalue weighted by molar-refractivity contribution is -0.133. The van der Waals surface area contributed by atoms with Crippen LogP contribution in [0.25, 0.3) is 0 Å². The molecule has 0 saturated carbocycles. The number of benzene rings is 1. The number of anilines is 1. The first kappa shape index (κ1) is 23.2. The van der Waals surface area contributed by atoms with Gasteiger partial charge in [-0.1, -0.05) is 24.6 Å². The topological polar surface area (TPSA) is 119 Å². The quantitative estimate of drug-likeness (QED) is 0.605. The number of carbonyl (C=O) groups excluding carboxylic acids is 1. The number of carbonyl (C=O) groups is 2. The van der Waals surface area contributed by atoms with Gasteiger partial charge in [0.1, 0.15) is 18.0 Å². The van der Waals surface area contributed by atoms with E-state index in [-0.39, 0.29) is 23.4 Å². The third-order valence-corrected chi connectivity index (χ3v) is 6.58. The van der Waals surface area contributed by atoms with E-state index in [4.69, 9.17) is 16.7 Å². The van der Waals surface area contributed by atoms with Gasteiger partial charge < -0.3 is 25.3 Å². The maximum Gasteiger partial charge on any atom is 0.404 e. The number of aromatic nitrogens is 2. The number of nitrogens with zero attached hydrogens (tertiary/aromatic N) is 4. The van der Waals surface area contributed by atoms with Crippen molar-refractivity contribution in [1.29, 1.82) is 0 Å². The molecule has 3 atom stereocenters. The summed E-state index contributed by atoms with van der Waals surface area (Å²) in [5.41, 5.74) is 1.97. The number of hydrogen-bond acceptors (Lipinski definition) is 6. The summed E-state index contributed by atoms with van der Waals surface area (Å²) in [6.45, 7) is 3.69. The molecule has 11 heteroatoms. The van der Waals surface area contributed by atoms with Gasteiger partial charge in [0.05, 0.1) is 22.7 Å². The van der Waals surface area contributed by atoms with Crippen LogP contribution in [0.3, 0.4) is 0 Å². The summed E-state index contributed by atoms with van der Waals surface area (Å²) < 4.78 is 14.0. The molecule has 33 heavy (non-hydrogen) atoms. The number of halogens is 2. The number of piperazine rings is 1. The number of carboxylic acid groups (broad SMARTS) is 1. The summed E-state index contributed by atoms with van der Waals surface area (Å²) in [4.78, 5) is 36.7. The van der Waals surface area contributed by atoms with Gasteiger partial charge in [0.25, 0.3) is 0 Å². The Morgan fingerprint density at radius 2 is 2.00 bits per heavy atom. The van der Waals surface area contributed by atoms with Crippen molar-refractivity contribution in [2.45, 2.75) is 31.3 Å². The molecule has 0 bridgehead atoms. The van der Waals surface area contributed by atoms with Crippen molar-refractivity contribution in [2.75, 3.05) is 37.6 Å². The molecule has 1 aliphatic carbocycles. The van der Waals surface area contributed by atoms with E-state index in [1.54, 1.807) is 4.90 Å². The average molecular weight is 478 g/mol. The summed E-state index contributed by atoms with van der Waals surface area (Å²) in [6.07, 6.45) is 0.202. The molecule has 2 heterocycles. The first-order valence-corrected chi connectivity index (χ1v) is 11.1. The summed E-state index contributed by atoms with van der Waals surface area (Å²) in [7, 11) is 0. The van der Waals surface area contributed by atoms with Crippen LogP contribution in [0.1, 0.15) is 48.1 Å². The summed E-state index contributed by atoms with van der Waals surface area (Å²) in [5.74, 6) is -0.919. The minimum Gasteiger partial charge on any atom is -0.465 e. The van der Waals surface area contributed by atoms with Crippen LogP contribution >= 0.6 is 11.6 Å². The first-order valence-electron chi connectivity index (χ1n) is 10.7. The van der Waals surface area contributed by atoms with Gasteiger partial charge in [-0.05, 0) is 30.0 Å². The zero-order valence-corrected chi connectivity index (χ0v) is 18.8. The number of hydrogen-bond donors (Lipinski definition) is 3. The maximum atomic E-state index is 14.0. The summed E-state index contributed by atoms with van der Waals surface area (Å²) >= 11 is 5.76. The normalized spacial score (nSPS) is 21.0. The summed E-state index contributed by atoms with van der Waals surface area (Å²) in [5, 5.41) is 21.4. The second-order valence-electron chi connectivity index (χ2n) is 8.37. The Morgan fingerprint density at radius 1 is 1.27 bits per heavy atom. The van der Waals surface area contributed by atoms with Crippen molar-refractivity contribution < 1.29 is 24.2 Å². The first-order chi connectivity index (χ1) is 15.8. The second kappa shape index (κ2) is 9.48. The van der Waals surface area contributed by atoms with Crippen molar-refractivity contribution in [3.63, 3.8) is 0 Å². The Balaban J connectivity index is 1.49. The van der Waals surface area contributed by atoms with Gasteiger partial charge in [0.2, 0.25) is 5.91 Å². The van der Waals surface area contributed by atoms with Gasteiger partial charge in [-0.2, -0.15) is 0 Å². The molecule has 2 amide bonds. The molecule has 4 rings (SSSR count). The zero-order chi connectivity index (χ0) is 23.7. The number of rotatable bonds is 5. The number of fused-ring (bicyclic) bond motifs is 1. The molecule has 1 aromatic heterocycles. The fraction of sp³-hybridized carbons (Fsp3) is 0.455. The highest BCUT2D eigenvalue weighted by Gasteiger charge is 2.35. The molecular weight excluding hydrogens is 453 g/mol. The third-order valence-electron chi connectivity index (χ3n) is 6.27. The SMILES string of the molecule is C[C@@H]1C[C@H](O)c2ncnc(N3CCN(C(=O)[C@@H](CNC(=O)O)c4ccc(Cl)c(F)c4)CC3)c21. The second-order valence-corrected chi connectivity index (χ2v) is 8.78. The fourth-order valence-electron chi connectivity index (χ4n) is 4.58. The van der Waals surface area contributed by atoms with Gasteiger partial charge >= 0.3 is 6.09 Å². The Morgan fingerprint density at radius 3 is 2.67 bits per heavy atom. The largest absolute Gasteiger partial charge is 0.465 e. The fourth-order valence-corrected chi connectivity index (χ4v) is 4.70. The molecule has 2 aliphatic rings. The highest BCUT2D eigenvalue weighted by atomic mass is 35.5. The predicted octanol–water partition coefficient (Wildman–Crippen LogP) is 2.51. The van der Waals surface area contributed by atoms with Crippen LogP contribution in [0.2, 0.25) is 5.02 Å². The number of aliphatic hydroxyl groups is 1. The van der Waals surface area contributed by atoms with Crippen LogP contribution in [0, 0.1) is 5.82 Å². The van der Waals surface area contributed by atoms with Gasteiger partial charge in [0, 0.05) is 38.3 Å². The molecule has 1 saturated heterocycles. The molecule has 3 N–H and O–H groups in total. The predicted molar refractivity (Wildman–Crippen MR) is 119 cm³/mol. The lowest BCUT2D eigenvalue weighted by Gasteiger charge is -2.38. The Bertz CT molecular complexity index is 1060. The highest BCUT2D eigenvalue weighted by molar-refractivity contribution is 6.30. The van der Waals surface area contributed by atoms with E-state index in [9.17, 15) is 19.1 Å². The molecule has 0 radical (unpaired) electrons. The number of nitrogens with one attached hydrogen (secondary N) is 1. The van der Waals surface area contributed by atoms with E-state index in [2.05, 4.69) is 20.2 Å². The lowest BCUT2D eigenvalue weighted by atomic mass is 9.96. The van der Waals surface area contributed by atoms with E-state index in [0.717, 1.165) is 11.4 Å². The molecule has 1 aromatic carbocycles. The van der Waals surface area contributed by atoms with Gasteiger partial charge in [-0.25, -0.2) is 19.2 Å². The molecule has 0 unspecified atom stereocenters. The Labute approximate surface area is 195 Å². The van der Waals surface area contributed by atoms with E-state index < -0.39 is 23.9 Å². The lowest BCUT2D eigenvalue weighted by Crippen LogP contribution is -2.51. The molecular formula is C22H25ClFN5O4. The number of amides is 2. The van der Waals surface area contributed by atoms with Crippen LogP contribution < -0.4 is 10.2 Å². The smallest absolute Gasteiger partial charge is 0.404 e. The third kappa shape index (κ3) is 4.72. The average Bonchev–Trinajstić information content (AvgIpc) is 3.09. The van der Waals surface area contributed by atoms with Crippen LogP contribution in [-0.4, -0.2) is 69.8 Å². The maximum absolute atomic E-state index is 14.0. The van der Waals surface area contributed by atoms with Crippen LogP contribution in [0.15, 0.2) is 24.5 Å². The van der Waals surface area contributed by atoms with Crippen molar-refractivity contribution >= 4 is 29.4 Å². The van der Waals surface area contributed by atoms with Crippen molar-refractivity contribution in [3.8, 4) is 0 Å². The molecule has 176 valence electrons. The summed E-state index contributed by atoms with van der Waals surface area (Å²) in [6, 6.07) is 4.06. The molecule has 1 fully saturated rings. The molecule has 2 aromatic rings. The monoisotopic (exact) mass is 477 g/mol. The van der Waals surface area contributed by atoms with Crippen molar-refractivity contribution in [1.82, 2.24) is 20.2 Å². The Hall–Kier alpha value is -2.98. The van der Waals surface area contributed by atoms with Crippen LogP contribution in [0.4, 0.5) is 15.0 Å². The van der Waals surface area contributed by atoms with Gasteiger partial charge in [-0.3, -0.25) is 4.79 Å². The van der Waals surface area contributed by atoms with E-state index in [0.29, 0.717) is 43.9 Å². The van der Waals surface area contributed by atoms with Crippen molar-refractivity contribution in [2.24, 2.45) is 0 Å². The van der Waals surface area contributed by atoms with Gasteiger partial charge in [-0.15, -0.1) is 0 Å². The molecule has 1 aliphatic heterocycles. The van der Waals surface area contributed by atoms with Crippen LogP contribution in [0.5, 0.6) is 0 Å². The number of aliphatic hydroxyl groups excluding tert-OH is 1. The van der Waals surface area contributed by atoms with E-state index >= 15 is 0 Å². The highest BCUT2D eigenvalue weighted by Crippen LogP contribution is 2.42. The zero-order valence-electron chi connectivity index (χ0n) is 18.0. The van der Waals surface area contributed by atoms with E-state index in [1.165, 1.54) is 24.5 Å². The minimum atomic E-state index is -1.26. The molecule has 9 nitrogen and oxygen atoms in total. The minimum absolute atomic E-state index is 0.0681. The van der Waals surface area contributed by atoms with Crippen molar-refractivity contribution in [3.05, 3.63) is 52.2 Å². The van der Waals surface area contributed by atoms with Gasteiger partial charge in [0.15, 0.2) is 0 Å². The molecule has 0 spiro atoms. The van der Waals surface area contributed by atoms with E-state index in [1.807, 2.05) is 6.92 Å². The Kier molecular flexibility index (Phi) is 6.66. The van der Waals surface area contributed by atoms with Crippen LogP contribution in [-0.2, 0) is 4.79 Å².